The molecule has 3 N–H and O–H groups in total. The minimum atomic E-state index is -0.327. The van der Waals surface area contributed by atoms with E-state index in [-0.39, 0.29) is 11.1 Å². The van der Waals surface area contributed by atoms with Crippen molar-refractivity contribution >= 4 is 44.8 Å². The van der Waals surface area contributed by atoms with E-state index in [0.29, 0.717) is 33.8 Å². The molecule has 0 saturated carbocycles. The Hall–Kier alpha value is -1.79. The van der Waals surface area contributed by atoms with Crippen LogP contribution in [-0.4, -0.2) is 17.5 Å². The third-order valence-electron chi connectivity index (χ3n) is 2.63. The number of carbonyl (C=O) groups excluding carboxylic acids is 1. The number of rotatable bonds is 4. The first-order valence-corrected chi connectivity index (χ1v) is 7.33. The van der Waals surface area contributed by atoms with E-state index in [1.807, 2.05) is 6.92 Å². The van der Waals surface area contributed by atoms with E-state index < -0.39 is 0 Å². The highest BCUT2D eigenvalue weighted by molar-refractivity contribution is 9.10. The van der Waals surface area contributed by atoms with E-state index >= 15 is 0 Å². The Labute approximate surface area is 135 Å². The second-order valence-corrected chi connectivity index (χ2v) is 5.41. The number of amides is 1. The summed E-state index contributed by atoms with van der Waals surface area (Å²) in [6.45, 7) is 2.37. The number of nitrogens with one attached hydrogen (secondary N) is 1. The fourth-order valence-corrected chi connectivity index (χ4v) is 2.16. The molecule has 0 atom stereocenters. The van der Waals surface area contributed by atoms with Gasteiger partial charge in [-0.25, -0.2) is 4.98 Å². The van der Waals surface area contributed by atoms with Gasteiger partial charge >= 0.3 is 0 Å². The lowest BCUT2D eigenvalue weighted by Gasteiger charge is -2.10. The molecule has 2 rings (SSSR count). The van der Waals surface area contributed by atoms with E-state index in [9.17, 15) is 4.79 Å². The van der Waals surface area contributed by atoms with Crippen LogP contribution in [0, 0.1) is 0 Å². The molecule has 0 aliphatic rings. The number of halogens is 2. The summed E-state index contributed by atoms with van der Waals surface area (Å²) in [5, 5.41) is 2.90. The van der Waals surface area contributed by atoms with Crippen LogP contribution in [-0.2, 0) is 0 Å². The van der Waals surface area contributed by atoms with Gasteiger partial charge in [0, 0.05) is 16.2 Å². The number of hydrogen-bond donors (Lipinski definition) is 2. The predicted octanol–water partition coefficient (Wildman–Crippen LogP) is 3.73. The second-order valence-electron chi connectivity index (χ2n) is 4.13. The Morgan fingerprint density at radius 1 is 1.48 bits per heavy atom. The molecular weight excluding hydrogens is 358 g/mol. The van der Waals surface area contributed by atoms with Crippen LogP contribution in [0.5, 0.6) is 5.75 Å². The summed E-state index contributed by atoms with van der Waals surface area (Å²) < 4.78 is 6.05. The van der Waals surface area contributed by atoms with Gasteiger partial charge in [0.2, 0.25) is 0 Å². The fraction of sp³-hybridized carbons (Fsp3) is 0.143. The molecule has 0 spiro atoms. The largest absolute Gasteiger partial charge is 0.492 e. The van der Waals surface area contributed by atoms with Gasteiger partial charge in [0.25, 0.3) is 5.91 Å². The summed E-state index contributed by atoms with van der Waals surface area (Å²) in [5.41, 5.74) is 7.08. The van der Waals surface area contributed by atoms with Crippen LogP contribution < -0.4 is 15.8 Å². The number of ether oxygens (including phenoxy) is 1. The molecule has 7 heteroatoms. The van der Waals surface area contributed by atoms with Crippen molar-refractivity contribution < 1.29 is 9.53 Å². The van der Waals surface area contributed by atoms with Crippen molar-refractivity contribution in [3.8, 4) is 5.75 Å². The maximum absolute atomic E-state index is 12.2. The molecule has 0 bridgehead atoms. The van der Waals surface area contributed by atoms with Gasteiger partial charge in [0.1, 0.15) is 5.75 Å². The van der Waals surface area contributed by atoms with Gasteiger partial charge in [0.05, 0.1) is 18.0 Å². The smallest absolute Gasteiger partial charge is 0.255 e. The summed E-state index contributed by atoms with van der Waals surface area (Å²) in [7, 11) is 0. The zero-order valence-corrected chi connectivity index (χ0v) is 13.5. The summed E-state index contributed by atoms with van der Waals surface area (Å²) in [5.74, 6) is 0.225. The maximum Gasteiger partial charge on any atom is 0.255 e. The summed E-state index contributed by atoms with van der Waals surface area (Å²) >= 11 is 9.21. The van der Waals surface area contributed by atoms with Gasteiger partial charge in [-0.3, -0.25) is 4.79 Å². The number of nitrogens with zero attached hydrogens (tertiary/aromatic N) is 1. The molecule has 5 nitrogen and oxygen atoms in total. The number of anilines is 2. The van der Waals surface area contributed by atoms with Gasteiger partial charge < -0.3 is 15.8 Å². The van der Waals surface area contributed by atoms with Crippen LogP contribution in [0.3, 0.4) is 0 Å². The molecule has 1 heterocycles. The number of hydrogen-bond acceptors (Lipinski definition) is 4. The van der Waals surface area contributed by atoms with Crippen LogP contribution >= 0.6 is 27.5 Å². The van der Waals surface area contributed by atoms with Crippen molar-refractivity contribution in [2.75, 3.05) is 17.7 Å². The lowest BCUT2D eigenvalue weighted by molar-refractivity contribution is 0.102. The molecule has 2 aromatic rings. The average molecular weight is 371 g/mol. The highest BCUT2D eigenvalue weighted by Gasteiger charge is 2.11. The molecule has 0 aliphatic heterocycles. The quantitative estimate of drug-likeness (QED) is 0.635. The Morgan fingerprint density at radius 2 is 2.24 bits per heavy atom. The van der Waals surface area contributed by atoms with E-state index in [4.69, 9.17) is 22.1 Å². The van der Waals surface area contributed by atoms with Crippen molar-refractivity contribution in [3.05, 3.63) is 45.7 Å². The molecule has 21 heavy (non-hydrogen) atoms. The van der Waals surface area contributed by atoms with Crippen molar-refractivity contribution in [3.63, 3.8) is 0 Å². The van der Waals surface area contributed by atoms with E-state index in [1.54, 1.807) is 30.5 Å². The van der Waals surface area contributed by atoms with Crippen molar-refractivity contribution in [1.29, 1.82) is 0 Å². The monoisotopic (exact) mass is 369 g/mol. The van der Waals surface area contributed by atoms with Crippen molar-refractivity contribution in [2.24, 2.45) is 0 Å². The number of pyridine rings is 1. The van der Waals surface area contributed by atoms with E-state index in [1.165, 1.54) is 0 Å². The molecule has 1 aromatic carbocycles. The molecule has 1 amide bonds. The Morgan fingerprint density at radius 3 is 2.90 bits per heavy atom. The standard InChI is InChI=1S/C14H13BrClN3O2/c1-2-21-12-4-3-8(5-10(12)17)14(20)19-11-6-9(15)7-18-13(11)16/h3-7H,2,17H2,1H3,(H,19,20). The van der Waals surface area contributed by atoms with Gasteiger partial charge in [0.15, 0.2) is 5.15 Å². The van der Waals surface area contributed by atoms with Crippen LogP contribution in [0.25, 0.3) is 0 Å². The maximum atomic E-state index is 12.2. The van der Waals surface area contributed by atoms with Crippen LogP contribution in [0.15, 0.2) is 34.9 Å². The third kappa shape index (κ3) is 3.86. The molecular formula is C14H13BrClN3O2. The zero-order valence-electron chi connectivity index (χ0n) is 11.2. The van der Waals surface area contributed by atoms with Crippen LogP contribution in [0.1, 0.15) is 17.3 Å². The van der Waals surface area contributed by atoms with Gasteiger partial charge in [-0.15, -0.1) is 0 Å². The van der Waals surface area contributed by atoms with Gasteiger partial charge in [-0.1, -0.05) is 11.6 Å². The molecule has 110 valence electrons. The Balaban J connectivity index is 2.20. The normalized spacial score (nSPS) is 10.2. The number of benzene rings is 1. The molecule has 0 fully saturated rings. The highest BCUT2D eigenvalue weighted by atomic mass is 79.9. The lowest BCUT2D eigenvalue weighted by Crippen LogP contribution is -2.13. The highest BCUT2D eigenvalue weighted by Crippen LogP contribution is 2.25. The number of nitrogens with two attached hydrogens (primary N) is 1. The van der Waals surface area contributed by atoms with Crippen molar-refractivity contribution in [1.82, 2.24) is 4.98 Å². The molecule has 0 saturated heterocycles. The molecule has 0 aliphatic carbocycles. The minimum Gasteiger partial charge on any atom is -0.492 e. The van der Waals surface area contributed by atoms with E-state index in [0.717, 1.165) is 0 Å². The summed E-state index contributed by atoms with van der Waals surface area (Å²) in [6, 6.07) is 6.52. The SMILES string of the molecule is CCOc1ccc(C(=O)Nc2cc(Br)cnc2Cl)cc1N. The number of carbonyl (C=O) groups is 1. The topological polar surface area (TPSA) is 77.2 Å². The molecule has 0 unspecified atom stereocenters. The van der Waals surface area contributed by atoms with Crippen LogP contribution in [0.2, 0.25) is 5.15 Å². The van der Waals surface area contributed by atoms with Gasteiger partial charge in [-0.2, -0.15) is 0 Å². The van der Waals surface area contributed by atoms with Crippen LogP contribution in [0.4, 0.5) is 11.4 Å². The zero-order chi connectivity index (χ0) is 15.4. The number of aromatic nitrogens is 1. The Bertz CT molecular complexity index is 679. The predicted molar refractivity (Wildman–Crippen MR) is 86.9 cm³/mol. The van der Waals surface area contributed by atoms with E-state index in [2.05, 4.69) is 26.2 Å². The first-order valence-electron chi connectivity index (χ1n) is 6.16. The molecule has 0 radical (unpaired) electrons. The molecule has 1 aromatic heterocycles. The first-order chi connectivity index (χ1) is 10.0. The Kier molecular flexibility index (Phi) is 5.03. The average Bonchev–Trinajstić information content (AvgIpc) is 2.45. The minimum absolute atomic E-state index is 0.213. The summed E-state index contributed by atoms with van der Waals surface area (Å²) in [4.78, 5) is 16.1. The van der Waals surface area contributed by atoms with Crippen molar-refractivity contribution in [2.45, 2.75) is 6.92 Å². The second kappa shape index (κ2) is 6.78. The fourth-order valence-electron chi connectivity index (χ4n) is 1.68. The van der Waals surface area contributed by atoms with Gasteiger partial charge in [-0.05, 0) is 47.1 Å². The third-order valence-corrected chi connectivity index (χ3v) is 3.36. The first kappa shape index (κ1) is 15.6. The lowest BCUT2D eigenvalue weighted by atomic mass is 10.1. The summed E-state index contributed by atoms with van der Waals surface area (Å²) in [6.07, 6.45) is 1.55. The number of nitrogen functional groups attached to an aromatic ring is 1.